The van der Waals surface area contributed by atoms with Crippen LogP contribution in [0.25, 0.3) is 11.1 Å². The normalized spacial score (nSPS) is 12.3. The summed E-state index contributed by atoms with van der Waals surface area (Å²) in [6.07, 6.45) is -0.426. The van der Waals surface area contributed by atoms with E-state index in [2.05, 4.69) is 0 Å². The van der Waals surface area contributed by atoms with Crippen LogP contribution in [0.15, 0.2) is 24.3 Å². The zero-order valence-electron chi connectivity index (χ0n) is 12.0. The number of nitrogens with two attached hydrogens (primary N) is 1. The zero-order valence-corrected chi connectivity index (χ0v) is 13.6. The molecule has 0 saturated carbocycles. The molecule has 2 rings (SSSR count). The van der Waals surface area contributed by atoms with Gasteiger partial charge in [-0.05, 0) is 42.3 Å². The third kappa shape index (κ3) is 3.80. The molecular formula is C16H13Cl2F2NO2. The van der Waals surface area contributed by atoms with Crippen molar-refractivity contribution in [3.63, 3.8) is 0 Å². The van der Waals surface area contributed by atoms with Gasteiger partial charge in [0.2, 0.25) is 0 Å². The van der Waals surface area contributed by atoms with Gasteiger partial charge in [-0.15, -0.1) is 0 Å². The largest absolute Gasteiger partial charge is 0.481 e. The summed E-state index contributed by atoms with van der Waals surface area (Å²) in [5.41, 5.74) is 6.84. The predicted octanol–water partition coefficient (Wildman–Crippen LogP) is 4.72. The first-order chi connectivity index (χ1) is 10.7. The molecule has 1 unspecified atom stereocenters. The smallest absolute Gasteiger partial charge is 0.305 e. The molecule has 0 aliphatic carbocycles. The lowest BCUT2D eigenvalue weighted by atomic mass is 9.95. The molecule has 7 heteroatoms. The van der Waals surface area contributed by atoms with Gasteiger partial charge in [-0.1, -0.05) is 23.2 Å². The minimum atomic E-state index is -1.14. The van der Waals surface area contributed by atoms with E-state index in [-0.39, 0.29) is 21.2 Å². The predicted molar refractivity (Wildman–Crippen MR) is 85.7 cm³/mol. The fraction of sp³-hybridized carbons (Fsp3) is 0.188. The highest BCUT2D eigenvalue weighted by molar-refractivity contribution is 6.39. The van der Waals surface area contributed by atoms with Crippen LogP contribution < -0.4 is 5.73 Å². The van der Waals surface area contributed by atoms with E-state index in [0.717, 1.165) is 12.1 Å². The van der Waals surface area contributed by atoms with Crippen LogP contribution in [0.4, 0.5) is 8.78 Å². The van der Waals surface area contributed by atoms with Crippen LogP contribution >= 0.6 is 23.2 Å². The maximum Gasteiger partial charge on any atom is 0.305 e. The van der Waals surface area contributed by atoms with E-state index in [4.69, 9.17) is 34.0 Å². The molecule has 2 aromatic carbocycles. The fourth-order valence-corrected chi connectivity index (χ4v) is 3.01. The summed E-state index contributed by atoms with van der Waals surface area (Å²) in [5.74, 6) is -2.32. The monoisotopic (exact) mass is 359 g/mol. The van der Waals surface area contributed by atoms with Crippen LogP contribution in [0, 0.1) is 18.6 Å². The summed E-state index contributed by atoms with van der Waals surface area (Å²) < 4.78 is 27.6. The molecule has 0 fully saturated rings. The molecular weight excluding hydrogens is 347 g/mol. The van der Waals surface area contributed by atoms with Crippen LogP contribution in [-0.2, 0) is 4.79 Å². The molecule has 1 atom stereocenters. The van der Waals surface area contributed by atoms with Crippen LogP contribution in [0.5, 0.6) is 0 Å². The van der Waals surface area contributed by atoms with Crippen molar-refractivity contribution in [1.29, 1.82) is 0 Å². The second-order valence-electron chi connectivity index (χ2n) is 5.15. The number of benzene rings is 2. The van der Waals surface area contributed by atoms with E-state index in [9.17, 15) is 13.6 Å². The summed E-state index contributed by atoms with van der Waals surface area (Å²) in [6, 6.07) is 4.05. The van der Waals surface area contributed by atoms with Gasteiger partial charge >= 0.3 is 5.97 Å². The topological polar surface area (TPSA) is 63.3 Å². The van der Waals surface area contributed by atoms with Gasteiger partial charge in [-0.25, -0.2) is 8.78 Å². The molecule has 0 aliphatic rings. The fourth-order valence-electron chi connectivity index (χ4n) is 2.33. The van der Waals surface area contributed by atoms with Crippen LogP contribution in [0.1, 0.15) is 23.6 Å². The number of halogens is 4. The maximum absolute atomic E-state index is 14.3. The van der Waals surface area contributed by atoms with E-state index in [1.165, 1.54) is 19.1 Å². The molecule has 2 aromatic rings. The number of hydrogen-bond acceptors (Lipinski definition) is 2. The van der Waals surface area contributed by atoms with E-state index < -0.39 is 30.1 Å². The molecule has 0 aromatic heterocycles. The Morgan fingerprint density at radius 2 is 1.78 bits per heavy atom. The van der Waals surface area contributed by atoms with Crippen molar-refractivity contribution in [1.82, 2.24) is 0 Å². The third-order valence-corrected chi connectivity index (χ3v) is 3.97. The number of carboxylic acids is 1. The molecule has 0 amide bonds. The summed E-state index contributed by atoms with van der Waals surface area (Å²) >= 11 is 12.1. The average Bonchev–Trinajstić information content (AvgIpc) is 2.40. The summed E-state index contributed by atoms with van der Waals surface area (Å²) in [6.45, 7) is 1.52. The molecule has 0 radical (unpaired) electrons. The van der Waals surface area contributed by atoms with Gasteiger partial charge in [0.15, 0.2) is 0 Å². The molecule has 3 N–H and O–H groups in total. The standard InChI is InChI=1S/C16H13Cl2F2NO2/c1-7-2-8(15-11(17)4-9(19)5-12(15)18)3-10(16(7)20)13(21)6-14(22)23/h2-5,13H,6,21H2,1H3,(H,22,23). The van der Waals surface area contributed by atoms with E-state index in [0.29, 0.717) is 11.1 Å². The van der Waals surface area contributed by atoms with Crippen LogP contribution in [0.3, 0.4) is 0 Å². The molecule has 23 heavy (non-hydrogen) atoms. The van der Waals surface area contributed by atoms with Crippen molar-refractivity contribution in [2.45, 2.75) is 19.4 Å². The maximum atomic E-state index is 14.3. The molecule has 0 spiro atoms. The average molecular weight is 360 g/mol. The minimum absolute atomic E-state index is 0.0406. The molecule has 3 nitrogen and oxygen atoms in total. The van der Waals surface area contributed by atoms with Gasteiger partial charge < -0.3 is 10.8 Å². The molecule has 0 bridgehead atoms. The Kier molecular flexibility index (Phi) is 5.24. The Balaban J connectivity index is 2.62. The zero-order chi connectivity index (χ0) is 17.3. The minimum Gasteiger partial charge on any atom is -0.481 e. The highest BCUT2D eigenvalue weighted by atomic mass is 35.5. The number of aliphatic carboxylic acids is 1. The Bertz CT molecular complexity index is 758. The first-order valence-electron chi connectivity index (χ1n) is 6.63. The molecule has 0 heterocycles. The van der Waals surface area contributed by atoms with Gasteiger partial charge in [0.05, 0.1) is 16.5 Å². The summed E-state index contributed by atoms with van der Waals surface area (Å²) in [4.78, 5) is 10.8. The second kappa shape index (κ2) is 6.83. The van der Waals surface area contributed by atoms with Crippen molar-refractivity contribution >= 4 is 29.2 Å². The lowest BCUT2D eigenvalue weighted by Gasteiger charge is -2.16. The number of aryl methyl sites for hydroxylation is 1. The molecule has 0 saturated heterocycles. The van der Waals surface area contributed by atoms with E-state index in [1.54, 1.807) is 0 Å². The Labute approximate surface area is 141 Å². The number of hydrogen-bond donors (Lipinski definition) is 2. The van der Waals surface area contributed by atoms with Crippen molar-refractivity contribution in [3.8, 4) is 11.1 Å². The number of carbonyl (C=O) groups is 1. The third-order valence-electron chi connectivity index (χ3n) is 3.37. The van der Waals surface area contributed by atoms with Crippen LogP contribution in [0.2, 0.25) is 10.0 Å². The van der Waals surface area contributed by atoms with Gasteiger partial charge in [-0.2, -0.15) is 0 Å². The van der Waals surface area contributed by atoms with Gasteiger partial charge in [0, 0.05) is 17.2 Å². The Morgan fingerprint density at radius 1 is 1.22 bits per heavy atom. The quantitative estimate of drug-likeness (QED) is 0.829. The van der Waals surface area contributed by atoms with Crippen molar-refractivity contribution in [2.24, 2.45) is 5.73 Å². The summed E-state index contributed by atoms with van der Waals surface area (Å²) in [7, 11) is 0. The lowest BCUT2D eigenvalue weighted by Crippen LogP contribution is -2.17. The highest BCUT2D eigenvalue weighted by Gasteiger charge is 2.20. The highest BCUT2D eigenvalue weighted by Crippen LogP contribution is 2.38. The summed E-state index contributed by atoms with van der Waals surface area (Å²) in [5, 5.41) is 8.96. The van der Waals surface area contributed by atoms with Gasteiger partial charge in [0.1, 0.15) is 11.6 Å². The second-order valence-corrected chi connectivity index (χ2v) is 5.96. The molecule has 122 valence electrons. The number of rotatable bonds is 4. The van der Waals surface area contributed by atoms with E-state index >= 15 is 0 Å². The van der Waals surface area contributed by atoms with Crippen molar-refractivity contribution in [3.05, 3.63) is 57.1 Å². The van der Waals surface area contributed by atoms with Crippen molar-refractivity contribution < 1.29 is 18.7 Å². The van der Waals surface area contributed by atoms with Gasteiger partial charge in [0.25, 0.3) is 0 Å². The SMILES string of the molecule is Cc1cc(-c2c(Cl)cc(F)cc2Cl)cc(C(N)CC(=O)O)c1F. The Morgan fingerprint density at radius 3 is 2.30 bits per heavy atom. The van der Waals surface area contributed by atoms with Gasteiger partial charge in [-0.3, -0.25) is 4.79 Å². The Hall–Kier alpha value is -1.69. The van der Waals surface area contributed by atoms with E-state index in [1.807, 2.05) is 0 Å². The first-order valence-corrected chi connectivity index (χ1v) is 7.38. The van der Waals surface area contributed by atoms with Crippen LogP contribution in [-0.4, -0.2) is 11.1 Å². The number of carboxylic acid groups (broad SMARTS) is 1. The molecule has 0 aliphatic heterocycles. The van der Waals surface area contributed by atoms with Crippen molar-refractivity contribution in [2.75, 3.05) is 0 Å². The lowest BCUT2D eigenvalue weighted by molar-refractivity contribution is -0.137. The first kappa shape index (κ1) is 17.7.